The summed E-state index contributed by atoms with van der Waals surface area (Å²) in [6.07, 6.45) is 1.72. The van der Waals surface area contributed by atoms with Gasteiger partial charge in [0.25, 0.3) is 5.91 Å². The molecule has 1 heterocycles. The van der Waals surface area contributed by atoms with Crippen LogP contribution in [0.25, 0.3) is 10.9 Å². The van der Waals surface area contributed by atoms with E-state index in [4.69, 9.17) is 0 Å². The molecular formula is C14H18N2O2. The summed E-state index contributed by atoms with van der Waals surface area (Å²) in [7, 11) is 1.70. The topological polar surface area (TPSA) is 56.3 Å². The molecule has 0 aliphatic carbocycles. The first-order valence-corrected chi connectivity index (χ1v) is 5.92. The molecule has 0 unspecified atom stereocenters. The van der Waals surface area contributed by atoms with Gasteiger partial charge in [-0.1, -0.05) is 18.2 Å². The van der Waals surface area contributed by atoms with Crippen LogP contribution in [0, 0.1) is 0 Å². The number of aromatic amines is 1. The van der Waals surface area contributed by atoms with Crippen molar-refractivity contribution in [3.05, 3.63) is 36.0 Å². The number of aliphatic hydroxyl groups is 1. The molecule has 1 aromatic heterocycles. The number of aromatic nitrogens is 1. The van der Waals surface area contributed by atoms with Crippen LogP contribution in [0.1, 0.15) is 24.2 Å². The lowest BCUT2D eigenvalue weighted by molar-refractivity contribution is 0.0369. The van der Waals surface area contributed by atoms with Gasteiger partial charge in [0, 0.05) is 30.7 Å². The number of carbonyl (C=O) groups excluding carboxylic acids is 1. The summed E-state index contributed by atoms with van der Waals surface area (Å²) in [5, 5.41) is 10.7. The van der Waals surface area contributed by atoms with Crippen LogP contribution in [0.3, 0.4) is 0 Å². The summed E-state index contributed by atoms with van der Waals surface area (Å²) < 4.78 is 0. The molecule has 1 aromatic carbocycles. The van der Waals surface area contributed by atoms with Crippen LogP contribution >= 0.6 is 0 Å². The van der Waals surface area contributed by atoms with Crippen molar-refractivity contribution in [3.63, 3.8) is 0 Å². The molecule has 0 bridgehead atoms. The van der Waals surface area contributed by atoms with Crippen molar-refractivity contribution in [1.82, 2.24) is 9.88 Å². The minimum Gasteiger partial charge on any atom is -0.389 e. The monoisotopic (exact) mass is 246 g/mol. The number of amides is 1. The summed E-state index contributed by atoms with van der Waals surface area (Å²) in [5.74, 6) is -0.0884. The van der Waals surface area contributed by atoms with Crippen LogP contribution in [0.2, 0.25) is 0 Å². The molecular weight excluding hydrogens is 228 g/mol. The van der Waals surface area contributed by atoms with Gasteiger partial charge >= 0.3 is 0 Å². The van der Waals surface area contributed by atoms with Gasteiger partial charge in [0.1, 0.15) is 0 Å². The van der Waals surface area contributed by atoms with Crippen LogP contribution in [0.15, 0.2) is 30.5 Å². The lowest BCUT2D eigenvalue weighted by Crippen LogP contribution is -2.39. The molecule has 2 aromatic rings. The summed E-state index contributed by atoms with van der Waals surface area (Å²) in [6, 6.07) is 7.68. The Bertz CT molecular complexity index is 566. The summed E-state index contributed by atoms with van der Waals surface area (Å²) in [6.45, 7) is 3.67. The smallest absolute Gasteiger partial charge is 0.255 e. The number of fused-ring (bicyclic) bond motifs is 1. The van der Waals surface area contributed by atoms with E-state index in [1.807, 2.05) is 24.3 Å². The Morgan fingerprint density at radius 3 is 2.72 bits per heavy atom. The highest BCUT2D eigenvalue weighted by molar-refractivity contribution is 6.06. The van der Waals surface area contributed by atoms with E-state index in [0.29, 0.717) is 12.1 Å². The van der Waals surface area contributed by atoms with Gasteiger partial charge in [-0.25, -0.2) is 0 Å². The number of para-hydroxylation sites is 1. The number of nitrogens with zero attached hydrogens (tertiary/aromatic N) is 1. The third kappa shape index (κ3) is 2.54. The highest BCUT2D eigenvalue weighted by Crippen LogP contribution is 2.19. The fourth-order valence-corrected chi connectivity index (χ4v) is 2.11. The lowest BCUT2D eigenvalue weighted by atomic mass is 10.1. The zero-order chi connectivity index (χ0) is 13.3. The second-order valence-electron chi connectivity index (χ2n) is 5.22. The number of benzene rings is 1. The molecule has 0 fully saturated rings. The number of rotatable bonds is 3. The Hall–Kier alpha value is -1.81. The van der Waals surface area contributed by atoms with E-state index in [0.717, 1.165) is 10.9 Å². The average Bonchev–Trinajstić information content (AvgIpc) is 2.69. The Morgan fingerprint density at radius 1 is 1.39 bits per heavy atom. The van der Waals surface area contributed by atoms with Crippen molar-refractivity contribution in [3.8, 4) is 0 Å². The number of hydrogen-bond acceptors (Lipinski definition) is 2. The van der Waals surface area contributed by atoms with Gasteiger partial charge in [0.2, 0.25) is 0 Å². The Kier molecular flexibility index (Phi) is 3.13. The number of hydrogen-bond donors (Lipinski definition) is 2. The van der Waals surface area contributed by atoms with Crippen LogP contribution in [0.4, 0.5) is 0 Å². The predicted molar refractivity (Wildman–Crippen MR) is 71.6 cm³/mol. The molecule has 2 rings (SSSR count). The Balaban J connectivity index is 2.29. The van der Waals surface area contributed by atoms with Crippen LogP contribution in [-0.2, 0) is 0 Å². The Labute approximate surface area is 106 Å². The number of nitrogens with one attached hydrogen (secondary N) is 1. The minimum absolute atomic E-state index is 0.0884. The van der Waals surface area contributed by atoms with Crippen LogP contribution in [-0.4, -0.2) is 40.1 Å². The molecule has 0 aliphatic heterocycles. The fourth-order valence-electron chi connectivity index (χ4n) is 2.11. The maximum atomic E-state index is 12.3. The maximum absolute atomic E-state index is 12.3. The number of likely N-dealkylation sites (N-methyl/N-ethyl adjacent to an activating group) is 1. The summed E-state index contributed by atoms with van der Waals surface area (Å²) in [5.41, 5.74) is 0.686. The summed E-state index contributed by atoms with van der Waals surface area (Å²) >= 11 is 0. The molecule has 0 saturated heterocycles. The molecule has 0 aliphatic rings. The highest BCUT2D eigenvalue weighted by atomic mass is 16.3. The van der Waals surface area contributed by atoms with Crippen molar-refractivity contribution >= 4 is 16.8 Å². The van der Waals surface area contributed by atoms with Gasteiger partial charge in [-0.2, -0.15) is 0 Å². The standard InChI is InChI=1S/C14H18N2O2/c1-14(2,18)9-16(3)13(17)11-8-15-12-7-5-4-6-10(11)12/h4-8,15,18H,9H2,1-3H3. The molecule has 0 saturated carbocycles. The second-order valence-corrected chi connectivity index (χ2v) is 5.22. The van der Waals surface area contributed by atoms with Crippen LogP contribution < -0.4 is 0 Å². The SMILES string of the molecule is CN(CC(C)(C)O)C(=O)c1c[nH]c2ccccc12. The van der Waals surface area contributed by atoms with Crippen molar-refractivity contribution in [2.75, 3.05) is 13.6 Å². The summed E-state index contributed by atoms with van der Waals surface area (Å²) in [4.78, 5) is 16.9. The molecule has 4 nitrogen and oxygen atoms in total. The average molecular weight is 246 g/mol. The molecule has 1 amide bonds. The van der Waals surface area contributed by atoms with Gasteiger partial charge < -0.3 is 15.0 Å². The third-order valence-corrected chi connectivity index (χ3v) is 2.79. The van der Waals surface area contributed by atoms with Gasteiger partial charge in [-0.3, -0.25) is 4.79 Å². The van der Waals surface area contributed by atoms with Gasteiger partial charge in [0.15, 0.2) is 0 Å². The quantitative estimate of drug-likeness (QED) is 0.870. The van der Waals surface area contributed by atoms with E-state index in [1.165, 1.54) is 4.90 Å². The van der Waals surface area contributed by atoms with Crippen molar-refractivity contribution in [2.24, 2.45) is 0 Å². The lowest BCUT2D eigenvalue weighted by Gasteiger charge is -2.25. The van der Waals surface area contributed by atoms with E-state index in [-0.39, 0.29) is 5.91 Å². The van der Waals surface area contributed by atoms with Crippen molar-refractivity contribution in [2.45, 2.75) is 19.4 Å². The van der Waals surface area contributed by atoms with E-state index < -0.39 is 5.60 Å². The van der Waals surface area contributed by atoms with Gasteiger partial charge in [-0.05, 0) is 19.9 Å². The van der Waals surface area contributed by atoms with Crippen molar-refractivity contribution in [1.29, 1.82) is 0 Å². The molecule has 0 atom stereocenters. The molecule has 4 heteroatoms. The highest BCUT2D eigenvalue weighted by Gasteiger charge is 2.22. The normalized spacial score (nSPS) is 11.8. The van der Waals surface area contributed by atoms with Crippen LogP contribution in [0.5, 0.6) is 0 Å². The Morgan fingerprint density at radius 2 is 2.06 bits per heavy atom. The minimum atomic E-state index is -0.892. The second kappa shape index (κ2) is 4.46. The molecule has 0 spiro atoms. The molecule has 18 heavy (non-hydrogen) atoms. The number of carbonyl (C=O) groups is 1. The predicted octanol–water partition coefficient (Wildman–Crippen LogP) is 2.01. The first kappa shape index (κ1) is 12.6. The van der Waals surface area contributed by atoms with E-state index >= 15 is 0 Å². The third-order valence-electron chi connectivity index (χ3n) is 2.79. The first-order chi connectivity index (χ1) is 8.38. The molecule has 2 N–H and O–H groups in total. The maximum Gasteiger partial charge on any atom is 0.255 e. The first-order valence-electron chi connectivity index (χ1n) is 5.92. The zero-order valence-corrected chi connectivity index (χ0v) is 10.9. The zero-order valence-electron chi connectivity index (χ0n) is 10.9. The van der Waals surface area contributed by atoms with Gasteiger partial charge in [-0.15, -0.1) is 0 Å². The van der Waals surface area contributed by atoms with Gasteiger partial charge in [0.05, 0.1) is 11.2 Å². The van der Waals surface area contributed by atoms with E-state index in [9.17, 15) is 9.90 Å². The van der Waals surface area contributed by atoms with Crippen molar-refractivity contribution < 1.29 is 9.90 Å². The van der Waals surface area contributed by atoms with E-state index in [2.05, 4.69) is 4.98 Å². The largest absolute Gasteiger partial charge is 0.389 e. The number of H-pyrrole nitrogens is 1. The fraction of sp³-hybridized carbons (Fsp3) is 0.357. The molecule has 96 valence electrons. The molecule has 0 radical (unpaired) electrons. The van der Waals surface area contributed by atoms with E-state index in [1.54, 1.807) is 27.1 Å².